The molecule has 0 aliphatic carbocycles. The second-order valence-electron chi connectivity index (χ2n) is 4.67. The van der Waals surface area contributed by atoms with Gasteiger partial charge in [0.25, 0.3) is 0 Å². The van der Waals surface area contributed by atoms with Crippen LogP contribution in [0.4, 0.5) is 0 Å². The first-order chi connectivity index (χ1) is 8.15. The fourth-order valence-electron chi connectivity index (χ4n) is 2.55. The van der Waals surface area contributed by atoms with E-state index in [1.807, 2.05) is 18.2 Å². The van der Waals surface area contributed by atoms with Gasteiger partial charge in [-0.3, -0.25) is 0 Å². The van der Waals surface area contributed by atoms with Crippen LogP contribution in [-0.4, -0.2) is 11.2 Å². The lowest BCUT2D eigenvalue weighted by molar-refractivity contribution is 0.0317. The summed E-state index contributed by atoms with van der Waals surface area (Å²) in [4.78, 5) is 0. The minimum absolute atomic E-state index is 0.141. The van der Waals surface area contributed by atoms with Crippen LogP contribution in [0.5, 0.6) is 5.75 Å². The van der Waals surface area contributed by atoms with Gasteiger partial charge in [-0.1, -0.05) is 35.8 Å². The molecule has 0 radical (unpaired) electrons. The van der Waals surface area contributed by atoms with Gasteiger partial charge in [0, 0.05) is 16.5 Å². The largest absolute Gasteiger partial charge is 0.490 e. The van der Waals surface area contributed by atoms with Crippen molar-refractivity contribution in [3.63, 3.8) is 0 Å². The first-order valence-electron chi connectivity index (χ1n) is 6.29. The summed E-state index contributed by atoms with van der Waals surface area (Å²) >= 11 is 3.44. The van der Waals surface area contributed by atoms with Crippen molar-refractivity contribution in [1.29, 1.82) is 0 Å². The maximum absolute atomic E-state index is 10.2. The van der Waals surface area contributed by atoms with Crippen LogP contribution in [0.1, 0.15) is 44.8 Å². The van der Waals surface area contributed by atoms with E-state index < -0.39 is 6.10 Å². The Labute approximate surface area is 111 Å². The highest BCUT2D eigenvalue weighted by Gasteiger charge is 2.30. The number of aliphatic hydroxyl groups is 1. The lowest BCUT2D eigenvalue weighted by Crippen LogP contribution is -2.32. The summed E-state index contributed by atoms with van der Waals surface area (Å²) in [5.74, 6) is 1.35. The molecule has 0 amide bonds. The van der Waals surface area contributed by atoms with E-state index in [1.54, 1.807) is 0 Å². The van der Waals surface area contributed by atoms with Crippen molar-refractivity contribution in [3.05, 3.63) is 28.2 Å². The Morgan fingerprint density at radius 2 is 2.12 bits per heavy atom. The van der Waals surface area contributed by atoms with Gasteiger partial charge in [0.05, 0.1) is 6.10 Å². The second kappa shape index (κ2) is 5.40. The molecule has 94 valence electrons. The summed E-state index contributed by atoms with van der Waals surface area (Å²) in [6.07, 6.45) is 2.65. The van der Waals surface area contributed by atoms with Gasteiger partial charge in [0.15, 0.2) is 0 Å². The molecule has 0 saturated heterocycles. The summed E-state index contributed by atoms with van der Waals surface area (Å²) in [5, 5.41) is 10.2. The van der Waals surface area contributed by atoms with Crippen molar-refractivity contribution in [3.8, 4) is 5.75 Å². The molecule has 3 heteroatoms. The van der Waals surface area contributed by atoms with Crippen molar-refractivity contribution in [2.24, 2.45) is 5.92 Å². The van der Waals surface area contributed by atoms with Crippen LogP contribution < -0.4 is 4.74 Å². The molecular weight excluding hydrogens is 280 g/mol. The highest BCUT2D eigenvalue weighted by atomic mass is 79.9. The van der Waals surface area contributed by atoms with Crippen molar-refractivity contribution >= 4 is 15.9 Å². The third kappa shape index (κ3) is 2.66. The maximum Gasteiger partial charge on any atom is 0.126 e. The van der Waals surface area contributed by atoms with Gasteiger partial charge >= 0.3 is 0 Å². The first kappa shape index (κ1) is 12.9. The predicted molar refractivity (Wildman–Crippen MR) is 72.2 cm³/mol. The molecule has 0 aromatic heterocycles. The zero-order valence-corrected chi connectivity index (χ0v) is 11.9. The van der Waals surface area contributed by atoms with E-state index in [2.05, 4.69) is 29.8 Å². The number of halogens is 1. The minimum Gasteiger partial charge on any atom is -0.490 e. The Bertz CT molecular complexity index is 388. The molecule has 1 aromatic carbocycles. The van der Waals surface area contributed by atoms with Crippen LogP contribution in [-0.2, 0) is 0 Å². The van der Waals surface area contributed by atoms with Gasteiger partial charge in [-0.2, -0.15) is 0 Å². The van der Waals surface area contributed by atoms with Crippen LogP contribution in [0.25, 0.3) is 0 Å². The number of fused-ring (bicyclic) bond motifs is 1. The average molecular weight is 299 g/mol. The van der Waals surface area contributed by atoms with Gasteiger partial charge < -0.3 is 9.84 Å². The molecule has 1 aliphatic heterocycles. The molecule has 1 aliphatic rings. The number of ether oxygens (including phenoxy) is 1. The molecule has 0 saturated carbocycles. The van der Waals surface area contributed by atoms with Crippen molar-refractivity contribution in [1.82, 2.24) is 0 Å². The van der Waals surface area contributed by atoms with Crippen molar-refractivity contribution < 1.29 is 9.84 Å². The van der Waals surface area contributed by atoms with Gasteiger partial charge in [-0.25, -0.2) is 0 Å². The molecule has 0 fully saturated rings. The molecule has 0 spiro atoms. The number of benzene rings is 1. The summed E-state index contributed by atoms with van der Waals surface area (Å²) < 4.78 is 7.03. The van der Waals surface area contributed by atoms with Crippen molar-refractivity contribution in [2.45, 2.75) is 45.3 Å². The zero-order chi connectivity index (χ0) is 12.4. The molecule has 2 nitrogen and oxygen atoms in total. The van der Waals surface area contributed by atoms with Gasteiger partial charge in [-0.15, -0.1) is 0 Å². The van der Waals surface area contributed by atoms with Crippen molar-refractivity contribution in [2.75, 3.05) is 0 Å². The number of aliphatic hydroxyl groups excluding tert-OH is 1. The normalized spacial score (nSPS) is 23.4. The molecule has 1 unspecified atom stereocenters. The summed E-state index contributed by atoms with van der Waals surface area (Å²) in [7, 11) is 0. The van der Waals surface area contributed by atoms with E-state index in [4.69, 9.17) is 4.74 Å². The quantitative estimate of drug-likeness (QED) is 0.911. The molecule has 1 heterocycles. The van der Waals surface area contributed by atoms with E-state index in [0.29, 0.717) is 12.3 Å². The summed E-state index contributed by atoms with van der Waals surface area (Å²) in [6.45, 7) is 4.36. The third-order valence-electron chi connectivity index (χ3n) is 3.64. The lowest BCUT2D eigenvalue weighted by Gasteiger charge is -2.34. The Morgan fingerprint density at radius 1 is 1.41 bits per heavy atom. The minimum atomic E-state index is -0.391. The molecule has 2 rings (SSSR count). The Balaban J connectivity index is 2.25. The zero-order valence-electron chi connectivity index (χ0n) is 10.3. The number of rotatable bonds is 3. The molecular formula is C14H19BrO2. The Hall–Kier alpha value is -0.540. The third-order valence-corrected chi connectivity index (χ3v) is 4.14. The maximum atomic E-state index is 10.2. The number of hydrogen-bond acceptors (Lipinski definition) is 2. The van der Waals surface area contributed by atoms with E-state index >= 15 is 0 Å². The Morgan fingerprint density at radius 3 is 2.76 bits per heavy atom. The van der Waals surface area contributed by atoms with E-state index in [9.17, 15) is 5.11 Å². The van der Waals surface area contributed by atoms with Gasteiger partial charge in [0.1, 0.15) is 11.9 Å². The second-order valence-corrected chi connectivity index (χ2v) is 5.58. The van der Waals surface area contributed by atoms with Crippen LogP contribution in [0.3, 0.4) is 0 Å². The van der Waals surface area contributed by atoms with Crippen LogP contribution in [0.15, 0.2) is 22.7 Å². The first-order valence-corrected chi connectivity index (χ1v) is 7.09. The van der Waals surface area contributed by atoms with Crippen LogP contribution in [0.2, 0.25) is 0 Å². The standard InChI is InChI=1S/C14H19BrO2/c1-3-9(4-2)13-8-12(16)11-6-5-10(15)7-14(11)17-13/h5-7,9,12-13,16H,3-4,8H2,1-2H3/t12-,13?/m1/s1. The SMILES string of the molecule is CCC(CC)C1C[C@@H](O)c2ccc(Br)cc2O1. The van der Waals surface area contributed by atoms with Gasteiger partial charge in [-0.05, 0) is 30.9 Å². The lowest BCUT2D eigenvalue weighted by atomic mass is 9.88. The fraction of sp³-hybridized carbons (Fsp3) is 0.571. The average Bonchev–Trinajstić information content (AvgIpc) is 2.30. The fourth-order valence-corrected chi connectivity index (χ4v) is 2.89. The highest BCUT2D eigenvalue weighted by molar-refractivity contribution is 9.10. The molecule has 1 aromatic rings. The predicted octanol–water partition coefficient (Wildman–Crippen LogP) is 4.07. The summed E-state index contributed by atoms with van der Waals surface area (Å²) in [5.41, 5.74) is 0.912. The van der Waals surface area contributed by atoms with E-state index in [0.717, 1.165) is 28.6 Å². The monoisotopic (exact) mass is 298 g/mol. The molecule has 17 heavy (non-hydrogen) atoms. The van der Waals surface area contributed by atoms with E-state index in [-0.39, 0.29) is 6.10 Å². The van der Waals surface area contributed by atoms with E-state index in [1.165, 1.54) is 0 Å². The molecule has 0 bridgehead atoms. The number of hydrogen-bond donors (Lipinski definition) is 1. The highest BCUT2D eigenvalue weighted by Crippen LogP contribution is 2.39. The van der Waals surface area contributed by atoms with Crippen LogP contribution in [0, 0.1) is 5.92 Å². The Kier molecular flexibility index (Phi) is 4.10. The summed E-state index contributed by atoms with van der Waals surface area (Å²) in [6, 6.07) is 5.84. The van der Waals surface area contributed by atoms with Gasteiger partial charge in [0.2, 0.25) is 0 Å². The smallest absolute Gasteiger partial charge is 0.126 e. The molecule has 1 N–H and O–H groups in total. The van der Waals surface area contributed by atoms with Crippen LogP contribution >= 0.6 is 15.9 Å². The molecule has 2 atom stereocenters. The topological polar surface area (TPSA) is 29.5 Å².